The molecule has 0 aliphatic heterocycles. The molecule has 0 saturated heterocycles. The SMILES string of the molecule is CC(=O)Cc1cc(C)[o+][se]1.[O-][Cl+3]([O-])([O-])[O-]. The van der Waals surface area contributed by atoms with Gasteiger partial charge in [0.15, 0.2) is 0 Å². The van der Waals surface area contributed by atoms with Gasteiger partial charge in [0.25, 0.3) is 0 Å². The van der Waals surface area contributed by atoms with Crippen LogP contribution in [0.15, 0.2) is 9.55 Å². The number of halogens is 1. The fourth-order valence-electron chi connectivity index (χ4n) is 0.720. The van der Waals surface area contributed by atoms with Gasteiger partial charge in [0, 0.05) is 0 Å². The summed E-state index contributed by atoms with van der Waals surface area (Å²) in [6.45, 7) is 3.51. The molecule has 0 aromatic carbocycles. The number of aryl methyl sites for hydroxylation is 1. The fourth-order valence-corrected chi connectivity index (χ4v) is 2.32. The first-order chi connectivity index (χ1) is 6.68. The van der Waals surface area contributed by atoms with E-state index in [9.17, 15) is 4.79 Å². The summed E-state index contributed by atoms with van der Waals surface area (Å²) in [4.78, 5) is 10.6. The number of rotatable bonds is 2. The predicted octanol–water partition coefficient (Wildman–Crippen LogP) is -3.70. The summed E-state index contributed by atoms with van der Waals surface area (Å²) in [6, 6.07) is 1.96. The Morgan fingerprint density at radius 2 is 1.93 bits per heavy atom. The Bertz CT molecular complexity index is 312. The molecule has 6 nitrogen and oxygen atoms in total. The zero-order chi connectivity index (χ0) is 12.1. The molecule has 0 bridgehead atoms. The second-order valence-corrected chi connectivity index (χ2v) is 5.20. The van der Waals surface area contributed by atoms with E-state index in [2.05, 4.69) is 0 Å². The van der Waals surface area contributed by atoms with Gasteiger partial charge in [0.2, 0.25) is 0 Å². The van der Waals surface area contributed by atoms with Crippen molar-refractivity contribution in [2.45, 2.75) is 20.3 Å². The van der Waals surface area contributed by atoms with Gasteiger partial charge >= 0.3 is 65.4 Å². The molecule has 1 rings (SSSR count). The van der Waals surface area contributed by atoms with E-state index < -0.39 is 10.2 Å². The van der Waals surface area contributed by atoms with Gasteiger partial charge in [-0.15, -0.1) is 10.2 Å². The Kier molecular flexibility index (Phi) is 6.23. The average molecular weight is 304 g/mol. The van der Waals surface area contributed by atoms with Crippen LogP contribution in [0.25, 0.3) is 0 Å². The van der Waals surface area contributed by atoms with Gasteiger partial charge in [-0.1, -0.05) is 0 Å². The molecule has 0 radical (unpaired) electrons. The minimum absolute atomic E-state index is 0.0930. The van der Waals surface area contributed by atoms with E-state index in [0.29, 0.717) is 6.42 Å². The number of hydrogen-bond donors (Lipinski definition) is 0. The quantitative estimate of drug-likeness (QED) is 0.409. The van der Waals surface area contributed by atoms with E-state index in [4.69, 9.17) is 22.1 Å². The maximum absolute atomic E-state index is 10.6. The maximum atomic E-state index is 10.6. The summed E-state index contributed by atoms with van der Waals surface area (Å²) in [5, 5.41) is 0. The molecule has 0 aliphatic carbocycles. The van der Waals surface area contributed by atoms with Gasteiger partial charge in [-0.05, 0) is 0 Å². The number of hydrogen-bond acceptors (Lipinski definition) is 5. The first kappa shape index (κ1) is 14.7. The zero-order valence-corrected chi connectivity index (χ0v) is 10.5. The Labute approximate surface area is 94.6 Å². The van der Waals surface area contributed by atoms with Crippen LogP contribution in [-0.4, -0.2) is 20.6 Å². The van der Waals surface area contributed by atoms with Gasteiger partial charge in [-0.2, -0.15) is 0 Å². The van der Waals surface area contributed by atoms with Crippen LogP contribution >= 0.6 is 0 Å². The molecule has 0 unspecified atom stereocenters. The molecule has 86 valence electrons. The number of carbonyl (C=O) groups excluding carboxylic acids is 1. The van der Waals surface area contributed by atoms with Crippen LogP contribution in [0, 0.1) is 17.2 Å². The third kappa shape index (κ3) is 11.7. The molecule has 0 aliphatic rings. The van der Waals surface area contributed by atoms with Crippen LogP contribution in [0.5, 0.6) is 0 Å². The molecule has 15 heavy (non-hydrogen) atoms. The van der Waals surface area contributed by atoms with Crippen LogP contribution in [0.2, 0.25) is 0 Å². The summed E-state index contributed by atoms with van der Waals surface area (Å²) in [5.41, 5.74) is 0. The van der Waals surface area contributed by atoms with E-state index in [1.165, 1.54) is 0 Å². The maximum Gasteiger partial charge on any atom is -0.112 e. The van der Waals surface area contributed by atoms with Crippen molar-refractivity contribution in [3.8, 4) is 0 Å². The fraction of sp³-hybridized carbons (Fsp3) is 0.429. The van der Waals surface area contributed by atoms with Crippen molar-refractivity contribution in [2.75, 3.05) is 0 Å². The number of Topliss-reactive ketones (excluding diaryl/α,β-unsaturated/α-hetero) is 1. The van der Waals surface area contributed by atoms with Gasteiger partial charge < -0.3 is 0 Å². The Morgan fingerprint density at radius 3 is 2.20 bits per heavy atom. The van der Waals surface area contributed by atoms with Crippen molar-refractivity contribution in [3.63, 3.8) is 0 Å². The monoisotopic (exact) mass is 304 g/mol. The van der Waals surface area contributed by atoms with E-state index in [0.717, 1.165) is 10.2 Å². The molecule has 1 aromatic rings. The normalized spacial score (nSPS) is 10.5. The minimum atomic E-state index is -4.94. The Hall–Kier alpha value is -0.271. The van der Waals surface area contributed by atoms with Crippen molar-refractivity contribution in [1.29, 1.82) is 0 Å². The largest absolute Gasteiger partial charge is 0.222 e. The first-order valence-electron chi connectivity index (χ1n) is 3.68. The van der Waals surface area contributed by atoms with Crippen LogP contribution < -0.4 is 18.6 Å². The third-order valence-electron chi connectivity index (χ3n) is 1.07. The second kappa shape index (κ2) is 6.34. The van der Waals surface area contributed by atoms with Gasteiger partial charge in [0.1, 0.15) is 0 Å². The third-order valence-corrected chi connectivity index (χ3v) is 2.79. The molecule has 0 fully saturated rings. The van der Waals surface area contributed by atoms with E-state index in [-0.39, 0.29) is 20.6 Å². The van der Waals surface area contributed by atoms with E-state index in [1.54, 1.807) is 6.92 Å². The summed E-state index contributed by atoms with van der Waals surface area (Å²) >= 11 is 0.0930. The van der Waals surface area contributed by atoms with Crippen LogP contribution in [0.4, 0.5) is 0 Å². The van der Waals surface area contributed by atoms with E-state index in [1.807, 2.05) is 13.0 Å². The van der Waals surface area contributed by atoms with Crippen molar-refractivity contribution in [2.24, 2.45) is 0 Å². The molecule has 0 atom stereocenters. The molecule has 0 saturated carbocycles. The molecular weight excluding hydrogens is 294 g/mol. The van der Waals surface area contributed by atoms with Gasteiger partial charge in [-0.3, -0.25) is 0 Å². The van der Waals surface area contributed by atoms with Crippen molar-refractivity contribution < 1.29 is 37.2 Å². The van der Waals surface area contributed by atoms with Gasteiger partial charge in [0.05, 0.1) is 0 Å². The van der Waals surface area contributed by atoms with Crippen molar-refractivity contribution in [1.82, 2.24) is 0 Å². The second-order valence-electron chi connectivity index (χ2n) is 2.64. The molecule has 1 aromatic heterocycles. The molecular formula is C7H9ClO6Se. The van der Waals surface area contributed by atoms with Gasteiger partial charge in [-0.25, -0.2) is 18.6 Å². The van der Waals surface area contributed by atoms with Crippen LogP contribution in [0.1, 0.15) is 17.1 Å². The average Bonchev–Trinajstić information content (AvgIpc) is 2.29. The number of carbonyl (C=O) groups is 1. The summed E-state index contributed by atoms with van der Waals surface area (Å²) in [7, 11) is -4.94. The Morgan fingerprint density at radius 1 is 1.47 bits per heavy atom. The Balaban J connectivity index is 0.000000336. The molecule has 1 heterocycles. The van der Waals surface area contributed by atoms with Crippen molar-refractivity contribution >= 4 is 20.6 Å². The summed E-state index contributed by atoms with van der Waals surface area (Å²) < 4.78 is 40.3. The van der Waals surface area contributed by atoms with Crippen molar-refractivity contribution in [3.05, 3.63) is 16.3 Å². The standard InChI is InChI=1S/C7H9O2Se.ClHO4/c1-5(8)3-7-4-6(2)9-10-7;2-1(3,4)5/h4H,3H2,1-2H3;(H,2,3,4,5)/q+1;/p-1. The molecule has 0 spiro atoms. The molecule has 0 amide bonds. The smallest absolute Gasteiger partial charge is 0.112 e. The van der Waals surface area contributed by atoms with Crippen LogP contribution in [-0.2, 0) is 11.2 Å². The van der Waals surface area contributed by atoms with Crippen LogP contribution in [0.3, 0.4) is 0 Å². The predicted molar refractivity (Wildman–Crippen MR) is 39.2 cm³/mol. The molecule has 0 N–H and O–H groups in total. The number of ketones is 1. The zero-order valence-electron chi connectivity index (χ0n) is 8.02. The minimum Gasteiger partial charge on any atom is -0.222 e. The topological polar surface area (TPSA) is 121 Å². The van der Waals surface area contributed by atoms with E-state index >= 15 is 0 Å². The molecule has 8 heteroatoms. The summed E-state index contributed by atoms with van der Waals surface area (Å²) in [5.74, 6) is 1.16. The first-order valence-corrected chi connectivity index (χ1v) is 6.47. The summed E-state index contributed by atoms with van der Waals surface area (Å²) in [6.07, 6.45) is 0.567.